The van der Waals surface area contributed by atoms with E-state index in [1.54, 1.807) is 72.8 Å². The summed E-state index contributed by atoms with van der Waals surface area (Å²) in [5.41, 5.74) is 3.12. The lowest BCUT2D eigenvalue weighted by molar-refractivity contribution is -0.896. The van der Waals surface area contributed by atoms with E-state index in [1.165, 1.54) is 0 Å². The molecule has 6 amide bonds. The number of halogens is 1. The second-order valence-corrected chi connectivity index (χ2v) is 9.21. The van der Waals surface area contributed by atoms with Crippen molar-refractivity contribution in [2.24, 2.45) is 0 Å². The maximum Gasteiger partial charge on any atom is 0.319 e. The average Bonchev–Trinajstić information content (AvgIpc) is 3.02. The van der Waals surface area contributed by atoms with E-state index in [0.29, 0.717) is 73.0 Å². The SMILES string of the molecule is N#Cc1ccc(NC(=O)NCC[NH+](CCNC(=O)Nc2ccc(C#N)cc2)CCNC(=O)Nc2ccc(C#N)cc2)cc1.[Cl-]. The fourth-order valence-electron chi connectivity index (χ4n) is 3.84. The van der Waals surface area contributed by atoms with Crippen molar-refractivity contribution in [1.29, 1.82) is 15.8 Å². The summed E-state index contributed by atoms with van der Waals surface area (Å²) in [5, 5.41) is 43.2. The van der Waals surface area contributed by atoms with Crippen molar-refractivity contribution in [3.05, 3.63) is 89.5 Å². The molecule has 226 valence electrons. The zero-order valence-electron chi connectivity index (χ0n) is 23.6. The molecule has 0 atom stereocenters. The number of nitrogens with one attached hydrogen (secondary N) is 7. The minimum Gasteiger partial charge on any atom is -1.00 e. The molecule has 13 nitrogen and oxygen atoms in total. The van der Waals surface area contributed by atoms with Crippen LogP contribution in [0.15, 0.2) is 72.8 Å². The van der Waals surface area contributed by atoms with Crippen LogP contribution in [0.5, 0.6) is 0 Å². The normalized spacial score (nSPS) is 9.68. The van der Waals surface area contributed by atoms with Crippen molar-refractivity contribution >= 4 is 35.2 Å². The van der Waals surface area contributed by atoms with Gasteiger partial charge in [0.25, 0.3) is 0 Å². The smallest absolute Gasteiger partial charge is 0.319 e. The molecule has 0 radical (unpaired) electrons. The molecule has 0 saturated carbocycles. The fourth-order valence-corrected chi connectivity index (χ4v) is 3.84. The molecule has 0 aliphatic heterocycles. The number of quaternary nitrogens is 1. The second-order valence-electron chi connectivity index (χ2n) is 9.21. The Morgan fingerprint density at radius 2 is 0.750 bits per heavy atom. The van der Waals surface area contributed by atoms with Crippen LogP contribution in [0.25, 0.3) is 0 Å². The number of nitrogens with zero attached hydrogens (tertiary/aromatic N) is 3. The van der Waals surface area contributed by atoms with Crippen LogP contribution in [0, 0.1) is 34.0 Å². The lowest BCUT2D eigenvalue weighted by Gasteiger charge is -2.20. The molecule has 0 aromatic heterocycles. The summed E-state index contributed by atoms with van der Waals surface area (Å²) in [6.07, 6.45) is 0. The first-order chi connectivity index (χ1) is 20.9. The number of carbonyl (C=O) groups is 3. The van der Waals surface area contributed by atoms with Crippen molar-refractivity contribution in [3.63, 3.8) is 0 Å². The molecule has 7 N–H and O–H groups in total. The molecule has 3 aromatic rings. The Labute approximate surface area is 261 Å². The third-order valence-corrected chi connectivity index (χ3v) is 6.11. The van der Waals surface area contributed by atoms with E-state index in [0.717, 1.165) is 4.90 Å². The molecular formula is C30H31ClN10O3. The molecule has 44 heavy (non-hydrogen) atoms. The maximum atomic E-state index is 12.3. The number of rotatable bonds is 12. The topological polar surface area (TPSA) is 199 Å². The van der Waals surface area contributed by atoms with E-state index in [9.17, 15) is 14.4 Å². The van der Waals surface area contributed by atoms with Gasteiger partial charge in [0.1, 0.15) is 0 Å². The van der Waals surface area contributed by atoms with Crippen LogP contribution in [-0.2, 0) is 0 Å². The zero-order valence-corrected chi connectivity index (χ0v) is 24.4. The van der Waals surface area contributed by atoms with Gasteiger partial charge in [-0.2, -0.15) is 15.8 Å². The first kappa shape index (κ1) is 34.4. The summed E-state index contributed by atoms with van der Waals surface area (Å²) in [7, 11) is 0. The number of amides is 6. The Bertz CT molecular complexity index is 1330. The summed E-state index contributed by atoms with van der Waals surface area (Å²) < 4.78 is 0. The maximum absolute atomic E-state index is 12.3. The van der Waals surface area contributed by atoms with Crippen LogP contribution >= 0.6 is 0 Å². The standard InChI is InChI=1S/C30H30N10O3.ClH/c31-19-22-1-7-25(8-2-22)37-28(41)34-13-16-40(17-14-35-29(42)38-26-9-3-23(20-32)4-10-26)18-15-36-30(43)39-27-11-5-24(21-33)6-12-27;/h1-12H,13-18H2,(H2,34,37,41)(H2,35,38,42)(H2,36,39,43);1H. The predicted molar refractivity (Wildman–Crippen MR) is 160 cm³/mol. The lowest BCUT2D eigenvalue weighted by Crippen LogP contribution is -3.14. The van der Waals surface area contributed by atoms with Crippen LogP contribution in [-0.4, -0.2) is 57.4 Å². The minimum atomic E-state index is -0.399. The predicted octanol–water partition coefficient (Wildman–Crippen LogP) is -1.04. The van der Waals surface area contributed by atoms with Gasteiger partial charge in [-0.3, -0.25) is 0 Å². The van der Waals surface area contributed by atoms with E-state index in [-0.39, 0.29) is 12.4 Å². The van der Waals surface area contributed by atoms with Gasteiger partial charge in [0.2, 0.25) is 0 Å². The van der Waals surface area contributed by atoms with Gasteiger partial charge >= 0.3 is 18.1 Å². The number of anilines is 3. The third-order valence-electron chi connectivity index (χ3n) is 6.11. The molecule has 0 aliphatic carbocycles. The Morgan fingerprint density at radius 1 is 0.500 bits per heavy atom. The molecule has 0 aliphatic rings. The van der Waals surface area contributed by atoms with Crippen LogP contribution < -0.4 is 49.2 Å². The zero-order chi connectivity index (χ0) is 30.9. The van der Waals surface area contributed by atoms with E-state index < -0.39 is 18.1 Å². The summed E-state index contributed by atoms with van der Waals surface area (Å²) in [6.45, 7) is 2.51. The lowest BCUT2D eigenvalue weighted by atomic mass is 10.2. The van der Waals surface area contributed by atoms with Gasteiger partial charge in [-0.15, -0.1) is 0 Å². The van der Waals surface area contributed by atoms with E-state index in [4.69, 9.17) is 15.8 Å². The largest absolute Gasteiger partial charge is 1.00 e. The van der Waals surface area contributed by atoms with Gasteiger partial charge in [-0.1, -0.05) is 0 Å². The first-order valence-electron chi connectivity index (χ1n) is 13.4. The molecule has 3 rings (SSSR count). The van der Waals surface area contributed by atoms with Crippen molar-refractivity contribution in [1.82, 2.24) is 16.0 Å². The van der Waals surface area contributed by atoms with Gasteiger partial charge in [0.05, 0.1) is 74.2 Å². The highest BCUT2D eigenvalue weighted by atomic mass is 35.5. The van der Waals surface area contributed by atoms with Gasteiger partial charge in [-0.25, -0.2) is 14.4 Å². The third kappa shape index (κ3) is 12.4. The molecule has 0 unspecified atom stereocenters. The average molecular weight is 615 g/mol. The Morgan fingerprint density at radius 3 is 0.977 bits per heavy atom. The van der Waals surface area contributed by atoms with Crippen molar-refractivity contribution in [2.75, 3.05) is 55.2 Å². The molecule has 3 aromatic carbocycles. The van der Waals surface area contributed by atoms with Crippen molar-refractivity contribution in [3.8, 4) is 18.2 Å². The van der Waals surface area contributed by atoms with Crippen molar-refractivity contribution < 1.29 is 31.7 Å². The van der Waals surface area contributed by atoms with Crippen LogP contribution in [0.4, 0.5) is 31.4 Å². The summed E-state index contributed by atoms with van der Waals surface area (Å²) in [5.74, 6) is 0. The monoisotopic (exact) mass is 614 g/mol. The van der Waals surface area contributed by atoms with Gasteiger partial charge in [0, 0.05) is 17.1 Å². The van der Waals surface area contributed by atoms with E-state index in [2.05, 4.69) is 31.9 Å². The van der Waals surface area contributed by atoms with E-state index in [1.807, 2.05) is 18.2 Å². The highest BCUT2D eigenvalue weighted by Crippen LogP contribution is 2.10. The first-order valence-corrected chi connectivity index (χ1v) is 13.4. The van der Waals surface area contributed by atoms with Crippen molar-refractivity contribution in [2.45, 2.75) is 0 Å². The Kier molecular flexibility index (Phi) is 14.5. The van der Waals surface area contributed by atoms with Gasteiger partial charge < -0.3 is 49.2 Å². The Balaban J connectivity index is 0.00000675. The summed E-state index contributed by atoms with van der Waals surface area (Å²) in [4.78, 5) is 38.0. The molecule has 0 fully saturated rings. The minimum absolute atomic E-state index is 0. The number of benzene rings is 3. The molecule has 0 spiro atoms. The van der Waals surface area contributed by atoms with E-state index >= 15 is 0 Å². The van der Waals surface area contributed by atoms with Gasteiger partial charge in [-0.05, 0) is 72.8 Å². The fraction of sp³-hybridized carbons (Fsp3) is 0.200. The molecule has 0 bridgehead atoms. The Hall–Kier alpha value is -5.81. The van der Waals surface area contributed by atoms with Crippen LogP contribution in [0.1, 0.15) is 16.7 Å². The van der Waals surface area contributed by atoms with Crippen LogP contribution in [0.2, 0.25) is 0 Å². The molecule has 0 saturated heterocycles. The number of urea groups is 3. The quantitative estimate of drug-likeness (QED) is 0.136. The second kappa shape index (κ2) is 18.6. The summed E-state index contributed by atoms with van der Waals surface area (Å²) in [6, 6.07) is 24.3. The molecule has 14 heteroatoms. The highest BCUT2D eigenvalue weighted by molar-refractivity contribution is 5.90. The van der Waals surface area contributed by atoms with Crippen LogP contribution in [0.3, 0.4) is 0 Å². The molecule has 0 heterocycles. The van der Waals surface area contributed by atoms with Gasteiger partial charge in [0.15, 0.2) is 0 Å². The highest BCUT2D eigenvalue weighted by Gasteiger charge is 2.12. The number of nitriles is 3. The molecular weight excluding hydrogens is 584 g/mol. The summed E-state index contributed by atoms with van der Waals surface area (Å²) >= 11 is 0. The number of carbonyl (C=O) groups excluding carboxylic acids is 3. The number of hydrogen-bond acceptors (Lipinski definition) is 6. The number of hydrogen-bond donors (Lipinski definition) is 7.